The van der Waals surface area contributed by atoms with Gasteiger partial charge in [0, 0.05) is 48.9 Å². The molecule has 2 aromatic carbocycles. The van der Waals surface area contributed by atoms with E-state index >= 15 is 0 Å². The summed E-state index contributed by atoms with van der Waals surface area (Å²) in [6.45, 7) is 4.25. The normalized spacial score (nSPS) is 25.1. The average Bonchev–Trinajstić information content (AvgIpc) is 3.15. The van der Waals surface area contributed by atoms with E-state index in [1.54, 1.807) is 0 Å². The van der Waals surface area contributed by atoms with Crippen LogP contribution in [-0.4, -0.2) is 59.1 Å². The Morgan fingerprint density at radius 2 is 1.68 bits per heavy atom. The summed E-state index contributed by atoms with van der Waals surface area (Å²) >= 11 is 0. The summed E-state index contributed by atoms with van der Waals surface area (Å²) in [6, 6.07) is 19.7. The van der Waals surface area contributed by atoms with Crippen molar-refractivity contribution in [1.82, 2.24) is 14.8 Å². The minimum Gasteiger partial charge on any atom is -0.379 e. The van der Waals surface area contributed by atoms with Crippen LogP contribution < -0.4 is 0 Å². The Morgan fingerprint density at radius 3 is 2.50 bits per heavy atom. The molecule has 0 spiro atoms. The molecule has 4 heterocycles. The number of amides is 1. The van der Waals surface area contributed by atoms with Crippen molar-refractivity contribution in [3.8, 4) is 0 Å². The number of carbonyl (C=O) groups is 1. The second-order valence-corrected chi connectivity index (χ2v) is 10.2. The molecule has 0 N–H and O–H groups in total. The fourth-order valence-electron chi connectivity index (χ4n) is 6.45. The minimum absolute atomic E-state index is 0.240. The second kappa shape index (κ2) is 9.47. The van der Waals surface area contributed by atoms with Gasteiger partial charge in [0.15, 0.2) is 0 Å². The third kappa shape index (κ3) is 4.23. The lowest BCUT2D eigenvalue weighted by molar-refractivity contribution is 0.0337. The van der Waals surface area contributed by atoms with Crippen molar-refractivity contribution >= 4 is 16.8 Å². The molecule has 0 saturated carbocycles. The lowest BCUT2D eigenvalue weighted by Crippen LogP contribution is -2.47. The van der Waals surface area contributed by atoms with E-state index in [1.165, 1.54) is 10.9 Å². The largest absolute Gasteiger partial charge is 0.379 e. The summed E-state index contributed by atoms with van der Waals surface area (Å²) in [7, 11) is 0. The van der Waals surface area contributed by atoms with Gasteiger partial charge in [0.2, 0.25) is 0 Å². The summed E-state index contributed by atoms with van der Waals surface area (Å²) in [5, 5.41) is 1.27. The maximum atomic E-state index is 13.8. The highest BCUT2D eigenvalue weighted by molar-refractivity contribution is 5.96. The van der Waals surface area contributed by atoms with Gasteiger partial charge in [-0.1, -0.05) is 36.4 Å². The molecule has 1 amide bonds. The number of morpholine rings is 1. The minimum atomic E-state index is 0.240. The Labute approximate surface area is 201 Å². The van der Waals surface area contributed by atoms with E-state index in [-0.39, 0.29) is 5.91 Å². The van der Waals surface area contributed by atoms with Crippen LogP contribution in [0.15, 0.2) is 60.8 Å². The highest BCUT2D eigenvalue weighted by Gasteiger charge is 2.43. The van der Waals surface area contributed by atoms with Gasteiger partial charge >= 0.3 is 0 Å². The first kappa shape index (κ1) is 21.8. The van der Waals surface area contributed by atoms with Crippen molar-refractivity contribution in [1.29, 1.82) is 0 Å². The quantitative estimate of drug-likeness (QED) is 0.560. The van der Waals surface area contributed by atoms with Crippen LogP contribution in [0.1, 0.15) is 47.2 Å². The number of fused-ring (bicyclic) bond motifs is 3. The van der Waals surface area contributed by atoms with E-state index < -0.39 is 0 Å². The van der Waals surface area contributed by atoms with Crippen LogP contribution in [0.2, 0.25) is 0 Å². The van der Waals surface area contributed by atoms with Crippen LogP contribution in [0.3, 0.4) is 0 Å². The molecule has 3 aliphatic heterocycles. The molecular formula is C29H33N3O2. The van der Waals surface area contributed by atoms with Gasteiger partial charge in [-0.15, -0.1) is 0 Å². The lowest BCUT2D eigenvalue weighted by Gasteiger charge is -2.39. The maximum Gasteiger partial charge on any atom is 0.254 e. The third-order valence-corrected chi connectivity index (χ3v) is 8.06. The zero-order chi connectivity index (χ0) is 22.9. The highest BCUT2D eigenvalue weighted by Crippen LogP contribution is 2.41. The number of benzene rings is 2. The first-order valence-corrected chi connectivity index (χ1v) is 12.8. The number of aromatic nitrogens is 1. The number of rotatable bonds is 5. The number of carbonyl (C=O) groups excluding carboxylic acids is 1. The van der Waals surface area contributed by atoms with Gasteiger partial charge < -0.3 is 9.64 Å². The average molecular weight is 456 g/mol. The van der Waals surface area contributed by atoms with E-state index in [0.29, 0.717) is 18.0 Å². The smallest absolute Gasteiger partial charge is 0.254 e. The van der Waals surface area contributed by atoms with Crippen LogP contribution in [0.4, 0.5) is 0 Å². The van der Waals surface area contributed by atoms with Crippen LogP contribution in [0.25, 0.3) is 10.9 Å². The molecule has 5 heteroatoms. The molecular weight excluding hydrogens is 422 g/mol. The number of pyridine rings is 1. The van der Waals surface area contributed by atoms with E-state index in [1.807, 2.05) is 24.4 Å². The van der Waals surface area contributed by atoms with Gasteiger partial charge in [0.1, 0.15) is 0 Å². The first-order valence-electron chi connectivity index (χ1n) is 12.8. The lowest BCUT2D eigenvalue weighted by atomic mass is 9.84. The van der Waals surface area contributed by atoms with Crippen molar-refractivity contribution in [3.63, 3.8) is 0 Å². The van der Waals surface area contributed by atoms with Crippen molar-refractivity contribution in [2.45, 2.75) is 50.7 Å². The summed E-state index contributed by atoms with van der Waals surface area (Å²) < 4.78 is 5.50. The summed E-state index contributed by atoms with van der Waals surface area (Å²) in [6.07, 6.45) is 7.42. The standard InChI is InChI=1S/C29H33N3O2/c33-29(27-7-2-1-5-23(27)20-31-13-15-34-16-14-31)32-24-10-11-25(32)19-21(18-24)17-22-6-3-9-28-26(22)8-4-12-30-28/h1-9,12,21,24-25H,10-11,13-20H2/t24-,25-/m0/s1. The fraction of sp³-hybridized carbons (Fsp3) is 0.448. The van der Waals surface area contributed by atoms with Gasteiger partial charge in [0.25, 0.3) is 5.91 Å². The third-order valence-electron chi connectivity index (χ3n) is 8.06. The number of hydrogen-bond donors (Lipinski definition) is 0. The fourth-order valence-corrected chi connectivity index (χ4v) is 6.45. The molecule has 5 nitrogen and oxygen atoms in total. The Bertz CT molecular complexity index is 1150. The molecule has 2 bridgehead atoms. The predicted octanol–water partition coefficient (Wildman–Crippen LogP) is 4.69. The number of piperidine rings is 1. The Morgan fingerprint density at radius 1 is 0.912 bits per heavy atom. The molecule has 0 radical (unpaired) electrons. The molecule has 2 atom stereocenters. The zero-order valence-corrected chi connectivity index (χ0v) is 19.7. The summed E-state index contributed by atoms with van der Waals surface area (Å²) in [4.78, 5) is 23.0. The topological polar surface area (TPSA) is 45.7 Å². The Balaban J connectivity index is 1.18. The van der Waals surface area contributed by atoms with Gasteiger partial charge in [-0.2, -0.15) is 0 Å². The molecule has 3 fully saturated rings. The van der Waals surface area contributed by atoms with Gasteiger partial charge in [-0.25, -0.2) is 0 Å². The SMILES string of the molecule is O=C(c1ccccc1CN1CCOCC1)N1[C@H]2CC[C@H]1CC(Cc1cccc3ncccc13)C2. The molecule has 176 valence electrons. The molecule has 6 rings (SSSR count). The first-order chi connectivity index (χ1) is 16.8. The predicted molar refractivity (Wildman–Crippen MR) is 134 cm³/mol. The Kier molecular flexibility index (Phi) is 6.06. The number of nitrogens with zero attached hydrogens (tertiary/aromatic N) is 3. The van der Waals surface area contributed by atoms with Crippen LogP contribution in [0.5, 0.6) is 0 Å². The van der Waals surface area contributed by atoms with E-state index in [2.05, 4.69) is 51.2 Å². The molecule has 34 heavy (non-hydrogen) atoms. The molecule has 3 aromatic rings. The molecule has 0 unspecified atom stereocenters. The Hall–Kier alpha value is -2.76. The van der Waals surface area contributed by atoms with Crippen LogP contribution in [-0.2, 0) is 17.7 Å². The zero-order valence-electron chi connectivity index (χ0n) is 19.7. The van der Waals surface area contributed by atoms with E-state index in [0.717, 1.165) is 81.6 Å². The van der Waals surface area contributed by atoms with Gasteiger partial charge in [-0.3, -0.25) is 14.7 Å². The van der Waals surface area contributed by atoms with Gasteiger partial charge in [0.05, 0.1) is 18.7 Å². The summed E-state index contributed by atoms with van der Waals surface area (Å²) in [5.74, 6) is 0.861. The second-order valence-electron chi connectivity index (χ2n) is 10.2. The van der Waals surface area contributed by atoms with E-state index in [9.17, 15) is 4.79 Å². The van der Waals surface area contributed by atoms with Crippen LogP contribution >= 0.6 is 0 Å². The van der Waals surface area contributed by atoms with Gasteiger partial charge in [-0.05, 0) is 67.3 Å². The molecule has 3 saturated heterocycles. The maximum absolute atomic E-state index is 13.8. The molecule has 0 aliphatic carbocycles. The number of hydrogen-bond acceptors (Lipinski definition) is 4. The molecule has 3 aliphatic rings. The highest BCUT2D eigenvalue weighted by atomic mass is 16.5. The van der Waals surface area contributed by atoms with Crippen molar-refractivity contribution < 1.29 is 9.53 Å². The molecule has 1 aromatic heterocycles. The van der Waals surface area contributed by atoms with Crippen molar-refractivity contribution in [2.24, 2.45) is 5.92 Å². The van der Waals surface area contributed by atoms with Crippen molar-refractivity contribution in [2.75, 3.05) is 26.3 Å². The monoisotopic (exact) mass is 455 g/mol. The van der Waals surface area contributed by atoms with Crippen LogP contribution in [0, 0.1) is 5.92 Å². The van der Waals surface area contributed by atoms with E-state index in [4.69, 9.17) is 4.74 Å². The summed E-state index contributed by atoms with van der Waals surface area (Å²) in [5.41, 5.74) is 4.52. The number of ether oxygens (including phenoxy) is 1. The van der Waals surface area contributed by atoms with Crippen molar-refractivity contribution in [3.05, 3.63) is 77.5 Å².